The van der Waals surface area contributed by atoms with Gasteiger partial charge in [-0.05, 0) is 37.0 Å². The highest BCUT2D eigenvalue weighted by Gasteiger charge is 2.31. The van der Waals surface area contributed by atoms with Crippen LogP contribution in [0.2, 0.25) is 0 Å². The Bertz CT molecular complexity index is 237. The van der Waals surface area contributed by atoms with Gasteiger partial charge in [0.2, 0.25) is 0 Å². The second-order valence-corrected chi connectivity index (χ2v) is 6.16. The fourth-order valence-corrected chi connectivity index (χ4v) is 1.94. The molecule has 0 aliphatic heterocycles. The highest BCUT2D eigenvalue weighted by atomic mass is 16.5. The van der Waals surface area contributed by atoms with E-state index in [9.17, 15) is 4.79 Å². The molecule has 0 spiro atoms. The second-order valence-electron chi connectivity index (χ2n) is 6.16. The molecule has 0 amide bonds. The summed E-state index contributed by atoms with van der Waals surface area (Å²) in [6.07, 6.45) is 4.39. The van der Waals surface area contributed by atoms with Gasteiger partial charge in [-0.25, -0.2) is 0 Å². The molecule has 16 heavy (non-hydrogen) atoms. The first-order valence-corrected chi connectivity index (χ1v) is 6.26. The van der Waals surface area contributed by atoms with Gasteiger partial charge in [-0.15, -0.1) is 0 Å². The van der Waals surface area contributed by atoms with Crippen LogP contribution in [0.4, 0.5) is 0 Å². The van der Waals surface area contributed by atoms with E-state index in [0.29, 0.717) is 0 Å². The normalized spacial score (nSPS) is 28.6. The maximum absolute atomic E-state index is 11.8. The lowest BCUT2D eigenvalue weighted by molar-refractivity contribution is -0.155. The SMILES string of the molecule is CC1CCC(OC(=O)C(N)C(C)(C)C)CC1. The molecule has 1 unspecified atom stereocenters. The van der Waals surface area contributed by atoms with Crippen molar-refractivity contribution in [3.63, 3.8) is 0 Å². The van der Waals surface area contributed by atoms with Gasteiger partial charge in [-0.2, -0.15) is 0 Å². The van der Waals surface area contributed by atoms with Crippen LogP contribution in [0.15, 0.2) is 0 Å². The lowest BCUT2D eigenvalue weighted by Gasteiger charge is -2.30. The molecule has 0 heterocycles. The highest BCUT2D eigenvalue weighted by molar-refractivity contribution is 5.76. The zero-order chi connectivity index (χ0) is 12.3. The van der Waals surface area contributed by atoms with Gasteiger partial charge in [0.05, 0.1) is 0 Å². The number of hydrogen-bond acceptors (Lipinski definition) is 3. The molecular weight excluding hydrogens is 202 g/mol. The van der Waals surface area contributed by atoms with E-state index in [0.717, 1.165) is 31.6 Å². The molecule has 3 heteroatoms. The first kappa shape index (κ1) is 13.5. The summed E-state index contributed by atoms with van der Waals surface area (Å²) in [6, 6.07) is -0.521. The number of rotatable bonds is 2. The Morgan fingerprint density at radius 1 is 1.25 bits per heavy atom. The molecule has 1 aliphatic carbocycles. The molecule has 0 aromatic rings. The largest absolute Gasteiger partial charge is 0.461 e. The number of hydrogen-bond donors (Lipinski definition) is 1. The van der Waals surface area contributed by atoms with Crippen molar-refractivity contribution in [2.24, 2.45) is 17.1 Å². The third-order valence-electron chi connectivity index (χ3n) is 3.43. The maximum atomic E-state index is 11.8. The molecule has 0 bridgehead atoms. The van der Waals surface area contributed by atoms with Crippen molar-refractivity contribution in [3.8, 4) is 0 Å². The van der Waals surface area contributed by atoms with E-state index in [1.807, 2.05) is 20.8 Å². The van der Waals surface area contributed by atoms with Gasteiger partial charge in [0, 0.05) is 0 Å². The predicted molar refractivity (Wildman–Crippen MR) is 64.9 cm³/mol. The molecule has 1 fully saturated rings. The van der Waals surface area contributed by atoms with Crippen molar-refractivity contribution in [3.05, 3.63) is 0 Å². The van der Waals surface area contributed by atoms with Crippen LogP contribution in [0.5, 0.6) is 0 Å². The third-order valence-corrected chi connectivity index (χ3v) is 3.43. The van der Waals surface area contributed by atoms with Crippen LogP contribution in [0.3, 0.4) is 0 Å². The zero-order valence-corrected chi connectivity index (χ0v) is 11.0. The predicted octanol–water partition coefficient (Wildman–Crippen LogP) is 2.48. The minimum absolute atomic E-state index is 0.0945. The van der Waals surface area contributed by atoms with Crippen molar-refractivity contribution in [2.75, 3.05) is 0 Å². The van der Waals surface area contributed by atoms with Crippen LogP contribution >= 0.6 is 0 Å². The van der Waals surface area contributed by atoms with Gasteiger partial charge in [0.1, 0.15) is 12.1 Å². The van der Waals surface area contributed by atoms with Crippen LogP contribution in [0.1, 0.15) is 53.4 Å². The molecule has 0 aromatic heterocycles. The van der Waals surface area contributed by atoms with Crippen molar-refractivity contribution in [2.45, 2.75) is 65.5 Å². The third kappa shape index (κ3) is 3.78. The molecule has 1 rings (SSSR count). The number of carbonyl (C=O) groups is 1. The first-order chi connectivity index (χ1) is 7.30. The maximum Gasteiger partial charge on any atom is 0.323 e. The van der Waals surface area contributed by atoms with Crippen molar-refractivity contribution in [1.82, 2.24) is 0 Å². The number of ether oxygens (including phenoxy) is 1. The average molecular weight is 227 g/mol. The van der Waals surface area contributed by atoms with Crippen LogP contribution in [0.25, 0.3) is 0 Å². The Balaban J connectivity index is 2.40. The van der Waals surface area contributed by atoms with Gasteiger partial charge in [0.15, 0.2) is 0 Å². The topological polar surface area (TPSA) is 52.3 Å². The lowest BCUT2D eigenvalue weighted by Crippen LogP contribution is -2.44. The van der Waals surface area contributed by atoms with Crippen LogP contribution in [-0.2, 0) is 9.53 Å². The average Bonchev–Trinajstić information content (AvgIpc) is 2.19. The minimum Gasteiger partial charge on any atom is -0.461 e. The van der Waals surface area contributed by atoms with Gasteiger partial charge < -0.3 is 10.5 Å². The molecule has 94 valence electrons. The van der Waals surface area contributed by atoms with E-state index in [2.05, 4.69) is 6.92 Å². The van der Waals surface area contributed by atoms with E-state index < -0.39 is 6.04 Å². The monoisotopic (exact) mass is 227 g/mol. The Morgan fingerprint density at radius 3 is 2.19 bits per heavy atom. The molecule has 1 atom stereocenters. The smallest absolute Gasteiger partial charge is 0.323 e. The van der Waals surface area contributed by atoms with E-state index in [1.165, 1.54) is 0 Å². The summed E-state index contributed by atoms with van der Waals surface area (Å²) in [4.78, 5) is 11.8. The van der Waals surface area contributed by atoms with E-state index in [1.54, 1.807) is 0 Å². The molecule has 1 saturated carbocycles. The van der Waals surface area contributed by atoms with Gasteiger partial charge >= 0.3 is 5.97 Å². The van der Waals surface area contributed by atoms with Crippen molar-refractivity contribution >= 4 is 5.97 Å². The Kier molecular flexibility index (Phi) is 4.36. The van der Waals surface area contributed by atoms with Crippen molar-refractivity contribution in [1.29, 1.82) is 0 Å². The minimum atomic E-state index is -0.521. The van der Waals surface area contributed by atoms with Gasteiger partial charge in [-0.3, -0.25) is 4.79 Å². The summed E-state index contributed by atoms with van der Waals surface area (Å²) in [7, 11) is 0. The Hall–Kier alpha value is -0.570. The summed E-state index contributed by atoms with van der Waals surface area (Å²) in [5, 5.41) is 0. The van der Waals surface area contributed by atoms with E-state index in [4.69, 9.17) is 10.5 Å². The summed E-state index contributed by atoms with van der Waals surface area (Å²) in [6.45, 7) is 8.13. The first-order valence-electron chi connectivity index (χ1n) is 6.26. The summed E-state index contributed by atoms with van der Waals surface area (Å²) in [5.41, 5.74) is 5.64. The number of esters is 1. The molecule has 0 radical (unpaired) electrons. The summed E-state index contributed by atoms with van der Waals surface area (Å²) in [5.74, 6) is 0.526. The van der Waals surface area contributed by atoms with Gasteiger partial charge in [-0.1, -0.05) is 27.7 Å². The highest BCUT2D eigenvalue weighted by Crippen LogP contribution is 2.27. The molecule has 2 N–H and O–H groups in total. The number of nitrogens with two attached hydrogens (primary N) is 1. The quantitative estimate of drug-likeness (QED) is 0.737. The van der Waals surface area contributed by atoms with Crippen LogP contribution < -0.4 is 5.73 Å². The Morgan fingerprint density at radius 2 is 1.75 bits per heavy atom. The lowest BCUT2D eigenvalue weighted by atomic mass is 9.87. The number of carbonyl (C=O) groups excluding carboxylic acids is 1. The summed E-state index contributed by atoms with van der Waals surface area (Å²) < 4.78 is 5.46. The molecule has 1 aliphatic rings. The summed E-state index contributed by atoms with van der Waals surface area (Å²) >= 11 is 0. The van der Waals surface area contributed by atoms with Gasteiger partial charge in [0.25, 0.3) is 0 Å². The van der Waals surface area contributed by atoms with E-state index >= 15 is 0 Å². The fourth-order valence-electron chi connectivity index (χ4n) is 1.94. The fraction of sp³-hybridized carbons (Fsp3) is 0.923. The Labute approximate surface area is 98.7 Å². The second kappa shape index (κ2) is 5.17. The molecule has 3 nitrogen and oxygen atoms in total. The standard InChI is InChI=1S/C13H25NO2/c1-9-5-7-10(8-6-9)16-12(15)11(14)13(2,3)4/h9-11H,5-8,14H2,1-4H3. The zero-order valence-electron chi connectivity index (χ0n) is 11.0. The van der Waals surface area contributed by atoms with E-state index in [-0.39, 0.29) is 17.5 Å². The molecule has 0 aromatic carbocycles. The molecular formula is C13H25NO2. The molecule has 0 saturated heterocycles. The van der Waals surface area contributed by atoms with Crippen molar-refractivity contribution < 1.29 is 9.53 Å². The van der Waals surface area contributed by atoms with Crippen LogP contribution in [0, 0.1) is 11.3 Å². The van der Waals surface area contributed by atoms with Crippen LogP contribution in [-0.4, -0.2) is 18.1 Å².